The first-order valence-electron chi connectivity index (χ1n) is 29.4. The number of aliphatic hydroxyl groups excluding tert-OH is 1. The fraction of sp³-hybridized carbons (Fsp3) is 0.881. The van der Waals surface area contributed by atoms with Gasteiger partial charge in [0.1, 0.15) is 13.2 Å². The van der Waals surface area contributed by atoms with Crippen molar-refractivity contribution >= 4 is 13.7 Å². The molecule has 0 fully saturated rings. The minimum Gasteiger partial charge on any atom is -0.756 e. The van der Waals surface area contributed by atoms with E-state index in [0.29, 0.717) is 17.4 Å². The number of nitrogens with one attached hydrogen (secondary N) is 1. The third kappa shape index (κ3) is 52.5. The molecule has 68 heavy (non-hydrogen) atoms. The normalized spacial score (nSPS) is 14.2. The summed E-state index contributed by atoms with van der Waals surface area (Å²) in [5, 5.41) is 13.9. The number of phosphoric acid groups is 1. The van der Waals surface area contributed by atoms with Crippen molar-refractivity contribution in [2.24, 2.45) is 0 Å². The fourth-order valence-electron chi connectivity index (χ4n) is 8.72. The molecule has 0 aromatic carbocycles. The predicted octanol–water partition coefficient (Wildman–Crippen LogP) is 17.1. The van der Waals surface area contributed by atoms with Crippen LogP contribution in [0.2, 0.25) is 0 Å². The summed E-state index contributed by atoms with van der Waals surface area (Å²) in [4.78, 5) is 25.5. The van der Waals surface area contributed by atoms with Crippen LogP contribution < -0.4 is 10.2 Å². The van der Waals surface area contributed by atoms with Gasteiger partial charge in [0.05, 0.1) is 39.9 Å². The van der Waals surface area contributed by atoms with Crippen molar-refractivity contribution in [1.82, 2.24) is 5.32 Å². The van der Waals surface area contributed by atoms with E-state index in [1.54, 1.807) is 6.08 Å². The third-order valence-corrected chi connectivity index (χ3v) is 14.3. The highest BCUT2D eigenvalue weighted by atomic mass is 31.2. The molecule has 9 heteroatoms. The summed E-state index contributed by atoms with van der Waals surface area (Å²) in [6.45, 7) is 4.66. The molecule has 0 rings (SSSR count). The van der Waals surface area contributed by atoms with Crippen molar-refractivity contribution in [2.45, 2.75) is 296 Å². The zero-order valence-electron chi connectivity index (χ0n) is 45.8. The lowest BCUT2D eigenvalue weighted by atomic mass is 10.0. The highest BCUT2D eigenvalue weighted by Gasteiger charge is 2.23. The van der Waals surface area contributed by atoms with Crippen molar-refractivity contribution < 1.29 is 32.9 Å². The second kappa shape index (κ2) is 50.7. The topological polar surface area (TPSA) is 108 Å². The van der Waals surface area contributed by atoms with Gasteiger partial charge in [-0.05, 0) is 44.9 Å². The molecular formula is C59H115N2O6P. The van der Waals surface area contributed by atoms with E-state index in [1.165, 1.54) is 218 Å². The summed E-state index contributed by atoms with van der Waals surface area (Å²) in [6, 6.07) is -0.908. The number of nitrogens with zero attached hydrogens (tertiary/aromatic N) is 1. The number of rotatable bonds is 54. The van der Waals surface area contributed by atoms with E-state index in [2.05, 4.69) is 43.5 Å². The summed E-state index contributed by atoms with van der Waals surface area (Å²) in [6.07, 6.45) is 65.2. The van der Waals surface area contributed by atoms with Crippen LogP contribution in [-0.2, 0) is 18.4 Å². The first-order chi connectivity index (χ1) is 33.0. The fourth-order valence-corrected chi connectivity index (χ4v) is 9.44. The third-order valence-electron chi connectivity index (χ3n) is 13.3. The van der Waals surface area contributed by atoms with Gasteiger partial charge in [-0.3, -0.25) is 9.36 Å². The summed E-state index contributed by atoms with van der Waals surface area (Å²) in [5.74, 6) is -0.206. The average molecular weight is 980 g/mol. The molecule has 0 bridgehead atoms. The molecule has 0 aliphatic rings. The molecule has 0 aliphatic heterocycles. The van der Waals surface area contributed by atoms with Gasteiger partial charge in [0.2, 0.25) is 5.91 Å². The first kappa shape index (κ1) is 66.7. The van der Waals surface area contributed by atoms with Gasteiger partial charge in [0.15, 0.2) is 0 Å². The van der Waals surface area contributed by atoms with E-state index in [0.717, 1.165) is 44.9 Å². The molecule has 3 unspecified atom stereocenters. The SMILES string of the molecule is CCCCCCCCCCCCCCCCCC/C=C/CC/C=C/CC/C=C/C(O)C(COP(=O)([O-])OCC[N+](C)(C)C)NC(=O)CCCCCCCCCCCCCCCCCCCCCC. The Morgan fingerprint density at radius 1 is 0.500 bits per heavy atom. The van der Waals surface area contributed by atoms with Crippen molar-refractivity contribution in [2.75, 3.05) is 40.9 Å². The summed E-state index contributed by atoms with van der Waals surface area (Å²) >= 11 is 0. The molecule has 0 radical (unpaired) electrons. The lowest BCUT2D eigenvalue weighted by Crippen LogP contribution is -2.45. The Morgan fingerprint density at radius 3 is 1.19 bits per heavy atom. The van der Waals surface area contributed by atoms with Crippen LogP contribution in [-0.4, -0.2) is 68.5 Å². The Bertz CT molecular complexity index is 1200. The second-order valence-electron chi connectivity index (χ2n) is 21.3. The quantitative estimate of drug-likeness (QED) is 0.0272. The van der Waals surface area contributed by atoms with Crippen LogP contribution in [0.3, 0.4) is 0 Å². The molecule has 2 N–H and O–H groups in total. The van der Waals surface area contributed by atoms with Crippen molar-refractivity contribution in [3.63, 3.8) is 0 Å². The number of carbonyl (C=O) groups excluding carboxylic acids is 1. The monoisotopic (exact) mass is 979 g/mol. The number of hydrogen-bond acceptors (Lipinski definition) is 6. The Hall–Kier alpha value is -1.28. The molecule has 0 heterocycles. The van der Waals surface area contributed by atoms with Crippen molar-refractivity contribution in [3.05, 3.63) is 36.5 Å². The molecule has 0 aromatic rings. The molecule has 3 atom stereocenters. The molecule has 1 amide bonds. The second-order valence-corrected chi connectivity index (χ2v) is 22.8. The molecule has 0 aromatic heterocycles. The molecule has 0 spiro atoms. The maximum atomic E-state index is 13.0. The zero-order valence-corrected chi connectivity index (χ0v) is 46.7. The van der Waals surface area contributed by atoms with E-state index in [4.69, 9.17) is 9.05 Å². The molecule has 402 valence electrons. The molecular weight excluding hydrogens is 864 g/mol. The van der Waals surface area contributed by atoms with Gasteiger partial charge in [0.25, 0.3) is 7.82 Å². The van der Waals surface area contributed by atoms with Crippen LogP contribution in [0.25, 0.3) is 0 Å². The van der Waals surface area contributed by atoms with E-state index in [-0.39, 0.29) is 12.5 Å². The van der Waals surface area contributed by atoms with Gasteiger partial charge >= 0.3 is 0 Å². The highest BCUT2D eigenvalue weighted by Crippen LogP contribution is 2.38. The number of amides is 1. The number of hydrogen-bond donors (Lipinski definition) is 2. The number of likely N-dealkylation sites (N-methyl/N-ethyl adjacent to an activating group) is 1. The summed E-state index contributed by atoms with van der Waals surface area (Å²) in [7, 11) is 1.25. The zero-order chi connectivity index (χ0) is 49.9. The smallest absolute Gasteiger partial charge is 0.268 e. The van der Waals surface area contributed by atoms with Crippen LogP contribution >= 0.6 is 7.82 Å². The first-order valence-corrected chi connectivity index (χ1v) is 30.8. The maximum absolute atomic E-state index is 13.0. The number of carbonyl (C=O) groups is 1. The number of quaternary nitrogens is 1. The van der Waals surface area contributed by atoms with E-state index in [1.807, 2.05) is 27.2 Å². The Balaban J connectivity index is 4.26. The molecule has 0 aliphatic carbocycles. The standard InChI is InChI=1S/C59H115N2O6P/c1-6-8-10-12-14-16-18-20-22-24-26-28-29-30-31-32-33-34-36-38-40-42-44-46-48-50-52-58(62)57(56-67-68(64,65)66-55-54-61(3,4)5)60-59(63)53-51-49-47-45-43-41-39-37-35-27-25-23-21-19-17-15-13-11-9-7-2/h34,36,42,44,50,52,57-58,62H,6-33,35,37-41,43,45-49,51,53-56H2,1-5H3,(H-,60,63,64,65)/b36-34+,44-42+,52-50+. The largest absolute Gasteiger partial charge is 0.756 e. The minimum absolute atomic E-state index is 0.00735. The number of aliphatic hydroxyl groups is 1. The lowest BCUT2D eigenvalue weighted by Gasteiger charge is -2.29. The van der Waals surface area contributed by atoms with Crippen LogP contribution in [0.5, 0.6) is 0 Å². The minimum atomic E-state index is -4.61. The average Bonchev–Trinajstić information content (AvgIpc) is 3.30. The Labute approximate surface area is 423 Å². The van der Waals surface area contributed by atoms with Gasteiger partial charge in [-0.1, -0.05) is 269 Å². The highest BCUT2D eigenvalue weighted by molar-refractivity contribution is 7.45. The maximum Gasteiger partial charge on any atom is 0.268 e. The van der Waals surface area contributed by atoms with Gasteiger partial charge in [0, 0.05) is 6.42 Å². The Morgan fingerprint density at radius 2 is 0.824 bits per heavy atom. The van der Waals surface area contributed by atoms with Gasteiger partial charge in [-0.25, -0.2) is 0 Å². The summed E-state index contributed by atoms with van der Waals surface area (Å²) < 4.78 is 23.3. The van der Waals surface area contributed by atoms with E-state index < -0.39 is 26.6 Å². The van der Waals surface area contributed by atoms with Gasteiger partial charge in [-0.2, -0.15) is 0 Å². The molecule has 0 saturated carbocycles. The predicted molar refractivity (Wildman–Crippen MR) is 293 cm³/mol. The van der Waals surface area contributed by atoms with Gasteiger partial charge < -0.3 is 28.8 Å². The van der Waals surface area contributed by atoms with Crippen LogP contribution in [0, 0.1) is 0 Å². The van der Waals surface area contributed by atoms with E-state index >= 15 is 0 Å². The molecule has 0 saturated heterocycles. The van der Waals surface area contributed by atoms with Crippen LogP contribution in [0.15, 0.2) is 36.5 Å². The van der Waals surface area contributed by atoms with Gasteiger partial charge in [-0.15, -0.1) is 0 Å². The number of unbranched alkanes of at least 4 members (excludes halogenated alkanes) is 37. The number of allylic oxidation sites excluding steroid dienone is 5. The number of phosphoric ester groups is 1. The van der Waals surface area contributed by atoms with Crippen molar-refractivity contribution in [3.8, 4) is 0 Å². The summed E-state index contributed by atoms with van der Waals surface area (Å²) in [5.41, 5.74) is 0. The van der Waals surface area contributed by atoms with Crippen LogP contribution in [0.1, 0.15) is 284 Å². The Kier molecular flexibility index (Phi) is 49.7. The lowest BCUT2D eigenvalue weighted by molar-refractivity contribution is -0.870. The van der Waals surface area contributed by atoms with Crippen LogP contribution in [0.4, 0.5) is 0 Å². The molecule has 8 nitrogen and oxygen atoms in total. The van der Waals surface area contributed by atoms with Crippen molar-refractivity contribution in [1.29, 1.82) is 0 Å². The van der Waals surface area contributed by atoms with E-state index in [9.17, 15) is 19.4 Å².